The van der Waals surface area contributed by atoms with Gasteiger partial charge in [-0.1, -0.05) is 12.1 Å². The van der Waals surface area contributed by atoms with Crippen molar-refractivity contribution in [2.75, 3.05) is 45.8 Å². The number of ether oxygens (including phenoxy) is 2. The zero-order chi connectivity index (χ0) is 21.8. The molecule has 0 aliphatic carbocycles. The van der Waals surface area contributed by atoms with E-state index in [9.17, 15) is 14.0 Å². The fourth-order valence-electron chi connectivity index (χ4n) is 2.57. The smallest absolute Gasteiger partial charge is 0.322 e. The summed E-state index contributed by atoms with van der Waals surface area (Å²) < 4.78 is 23.9. The first kappa shape index (κ1) is 23.7. The maximum absolute atomic E-state index is 13.9. The van der Waals surface area contributed by atoms with Crippen molar-refractivity contribution in [1.29, 1.82) is 0 Å². The quantitative estimate of drug-likeness (QED) is 0.497. The topological polar surface area (TPSA) is 92.8 Å². The summed E-state index contributed by atoms with van der Waals surface area (Å²) in [7, 11) is 3.19. The first-order chi connectivity index (χ1) is 14.5. The van der Waals surface area contributed by atoms with Crippen LogP contribution in [0.25, 0.3) is 0 Å². The number of hydrogen-bond acceptors (Lipinski definition) is 6. The fraction of sp³-hybridized carbons (Fsp3) is 0.450. The van der Waals surface area contributed by atoms with Gasteiger partial charge >= 0.3 is 6.03 Å². The van der Waals surface area contributed by atoms with Gasteiger partial charge in [-0.05, 0) is 25.0 Å². The highest BCUT2D eigenvalue weighted by Gasteiger charge is 2.18. The molecule has 1 aromatic carbocycles. The number of rotatable bonds is 12. The molecule has 8 nitrogen and oxygen atoms in total. The van der Waals surface area contributed by atoms with E-state index < -0.39 is 11.8 Å². The number of urea groups is 1. The van der Waals surface area contributed by atoms with Gasteiger partial charge in [0, 0.05) is 45.9 Å². The number of para-hydroxylation sites is 1. The minimum Gasteiger partial charge on any atom is -0.385 e. The van der Waals surface area contributed by atoms with Crippen LogP contribution in [-0.4, -0.2) is 62.3 Å². The molecule has 164 valence electrons. The van der Waals surface area contributed by atoms with Crippen LogP contribution in [0.4, 0.5) is 14.9 Å². The lowest BCUT2D eigenvalue weighted by Crippen LogP contribution is -2.36. The van der Waals surface area contributed by atoms with E-state index in [0.717, 1.165) is 0 Å². The Balaban J connectivity index is 2.00. The minimum atomic E-state index is -0.510. The second-order valence-corrected chi connectivity index (χ2v) is 7.35. The number of halogens is 1. The van der Waals surface area contributed by atoms with E-state index in [1.165, 1.54) is 28.4 Å². The minimum absolute atomic E-state index is 0.106. The standard InChI is InChI=1S/C20H27FN4O4S/c1-28-11-5-9-22-19(26)17-14-30-18(23-17)13-25(10-6-12-29-2)20(27)24-16-8-4-3-7-15(16)21/h3-4,7-8,14H,5-6,9-13H2,1-2H3,(H,22,26)(H,24,27). The van der Waals surface area contributed by atoms with E-state index in [0.29, 0.717) is 49.8 Å². The first-order valence-corrected chi connectivity index (χ1v) is 10.4. The maximum atomic E-state index is 13.9. The Morgan fingerprint density at radius 1 is 1.17 bits per heavy atom. The second-order valence-electron chi connectivity index (χ2n) is 6.41. The summed E-state index contributed by atoms with van der Waals surface area (Å²) in [6.07, 6.45) is 1.32. The van der Waals surface area contributed by atoms with Crippen LogP contribution in [0.3, 0.4) is 0 Å². The van der Waals surface area contributed by atoms with Crippen LogP contribution in [0, 0.1) is 5.82 Å². The molecule has 0 fully saturated rings. The molecule has 0 spiro atoms. The van der Waals surface area contributed by atoms with Gasteiger partial charge in [-0.3, -0.25) is 4.79 Å². The van der Waals surface area contributed by atoms with Gasteiger partial charge in [0.2, 0.25) is 0 Å². The molecule has 2 aromatic rings. The zero-order valence-electron chi connectivity index (χ0n) is 17.2. The number of hydrogen-bond donors (Lipinski definition) is 2. The van der Waals surface area contributed by atoms with Gasteiger partial charge < -0.3 is 25.0 Å². The van der Waals surface area contributed by atoms with Crippen LogP contribution in [0.2, 0.25) is 0 Å². The number of aromatic nitrogens is 1. The molecule has 0 atom stereocenters. The summed E-state index contributed by atoms with van der Waals surface area (Å²) in [4.78, 5) is 30.7. The Labute approximate surface area is 179 Å². The third-order valence-corrected chi connectivity index (χ3v) is 4.93. The van der Waals surface area contributed by atoms with E-state index in [2.05, 4.69) is 15.6 Å². The van der Waals surface area contributed by atoms with Crippen LogP contribution in [-0.2, 0) is 16.0 Å². The van der Waals surface area contributed by atoms with Crippen molar-refractivity contribution >= 4 is 29.0 Å². The van der Waals surface area contributed by atoms with Crippen molar-refractivity contribution in [3.63, 3.8) is 0 Å². The normalized spacial score (nSPS) is 10.6. The monoisotopic (exact) mass is 438 g/mol. The predicted molar refractivity (Wildman–Crippen MR) is 113 cm³/mol. The zero-order valence-corrected chi connectivity index (χ0v) is 18.0. The molecule has 30 heavy (non-hydrogen) atoms. The summed E-state index contributed by atoms with van der Waals surface area (Å²) in [6.45, 7) is 2.14. The Kier molecular flexibility index (Phi) is 10.2. The summed E-state index contributed by atoms with van der Waals surface area (Å²) in [5.41, 5.74) is 0.410. The maximum Gasteiger partial charge on any atom is 0.322 e. The van der Waals surface area contributed by atoms with Gasteiger partial charge in [-0.15, -0.1) is 11.3 Å². The summed E-state index contributed by atoms with van der Waals surface area (Å²) >= 11 is 1.29. The number of anilines is 1. The second kappa shape index (κ2) is 12.9. The molecule has 2 rings (SSSR count). The molecule has 10 heteroatoms. The van der Waals surface area contributed by atoms with Crippen molar-refractivity contribution in [2.45, 2.75) is 19.4 Å². The third kappa shape index (κ3) is 7.69. The van der Waals surface area contributed by atoms with E-state index in [1.807, 2.05) is 0 Å². The van der Waals surface area contributed by atoms with Gasteiger partial charge in [-0.2, -0.15) is 0 Å². The van der Waals surface area contributed by atoms with Crippen molar-refractivity contribution in [1.82, 2.24) is 15.2 Å². The van der Waals surface area contributed by atoms with Crippen LogP contribution in [0.1, 0.15) is 28.3 Å². The molecule has 0 aliphatic heterocycles. The number of benzene rings is 1. The van der Waals surface area contributed by atoms with Gasteiger partial charge in [0.1, 0.15) is 16.5 Å². The molecule has 0 saturated carbocycles. The molecule has 0 unspecified atom stereocenters. The van der Waals surface area contributed by atoms with E-state index in [4.69, 9.17) is 9.47 Å². The lowest BCUT2D eigenvalue weighted by atomic mass is 10.3. The van der Waals surface area contributed by atoms with E-state index in [1.54, 1.807) is 31.7 Å². The number of nitrogens with one attached hydrogen (secondary N) is 2. The number of nitrogens with zero attached hydrogens (tertiary/aromatic N) is 2. The highest BCUT2D eigenvalue weighted by Crippen LogP contribution is 2.16. The number of thiazole rings is 1. The predicted octanol–water partition coefficient (Wildman–Crippen LogP) is 3.12. The lowest BCUT2D eigenvalue weighted by molar-refractivity contribution is 0.0944. The van der Waals surface area contributed by atoms with Crippen molar-refractivity contribution in [2.24, 2.45) is 0 Å². The molecular weight excluding hydrogens is 411 g/mol. The lowest BCUT2D eigenvalue weighted by Gasteiger charge is -2.22. The SMILES string of the molecule is COCCCNC(=O)c1csc(CN(CCCOC)C(=O)Nc2ccccc2F)n1. The number of carbonyl (C=O) groups is 2. The average molecular weight is 439 g/mol. The summed E-state index contributed by atoms with van der Waals surface area (Å²) in [6, 6.07) is 5.53. The number of carbonyl (C=O) groups excluding carboxylic acids is 2. The van der Waals surface area contributed by atoms with Crippen molar-refractivity contribution in [3.05, 3.63) is 46.2 Å². The van der Waals surface area contributed by atoms with Crippen molar-refractivity contribution < 1.29 is 23.5 Å². The molecule has 1 aromatic heterocycles. The number of methoxy groups -OCH3 is 2. The largest absolute Gasteiger partial charge is 0.385 e. The van der Waals surface area contributed by atoms with E-state index in [-0.39, 0.29) is 18.1 Å². The van der Waals surface area contributed by atoms with Crippen LogP contribution >= 0.6 is 11.3 Å². The van der Waals surface area contributed by atoms with Crippen LogP contribution in [0.5, 0.6) is 0 Å². The molecule has 0 saturated heterocycles. The third-order valence-electron chi connectivity index (χ3n) is 4.10. The van der Waals surface area contributed by atoms with Gasteiger partial charge in [0.25, 0.3) is 5.91 Å². The first-order valence-electron chi connectivity index (χ1n) is 9.56. The highest BCUT2D eigenvalue weighted by molar-refractivity contribution is 7.09. The number of amides is 3. The Hall–Kier alpha value is -2.56. The molecule has 2 N–H and O–H groups in total. The summed E-state index contributed by atoms with van der Waals surface area (Å²) in [5, 5.41) is 7.63. The average Bonchev–Trinajstić information content (AvgIpc) is 3.21. The van der Waals surface area contributed by atoms with Crippen LogP contribution < -0.4 is 10.6 Å². The van der Waals surface area contributed by atoms with Crippen LogP contribution in [0.15, 0.2) is 29.6 Å². The Bertz CT molecular complexity index is 818. The van der Waals surface area contributed by atoms with E-state index >= 15 is 0 Å². The molecule has 0 bridgehead atoms. The van der Waals surface area contributed by atoms with Gasteiger partial charge in [0.05, 0.1) is 12.2 Å². The van der Waals surface area contributed by atoms with Gasteiger partial charge in [0.15, 0.2) is 0 Å². The molecule has 3 amide bonds. The molecular formula is C20H27FN4O4S. The summed E-state index contributed by atoms with van der Waals surface area (Å²) in [5.74, 6) is -0.778. The highest BCUT2D eigenvalue weighted by atomic mass is 32.1. The molecule has 1 heterocycles. The molecule has 0 aliphatic rings. The Morgan fingerprint density at radius 2 is 1.90 bits per heavy atom. The van der Waals surface area contributed by atoms with Gasteiger partial charge in [-0.25, -0.2) is 14.2 Å². The van der Waals surface area contributed by atoms with Crippen molar-refractivity contribution in [3.8, 4) is 0 Å². The molecule has 0 radical (unpaired) electrons. The Morgan fingerprint density at radius 3 is 2.63 bits per heavy atom. The fourth-order valence-corrected chi connectivity index (χ4v) is 3.36.